The Labute approximate surface area is 96.9 Å². The number of ether oxygens (including phenoxy) is 1. The Hall–Kier alpha value is -0.970. The smallest absolute Gasteiger partial charge is 0.0900 e. The van der Waals surface area contributed by atoms with Gasteiger partial charge in [0.2, 0.25) is 0 Å². The van der Waals surface area contributed by atoms with Crippen molar-refractivity contribution in [3.8, 4) is 0 Å². The third kappa shape index (κ3) is 3.89. The summed E-state index contributed by atoms with van der Waals surface area (Å²) in [4.78, 5) is 6.36. The van der Waals surface area contributed by atoms with Gasteiger partial charge in [0, 0.05) is 25.9 Å². The average Bonchev–Trinajstić information content (AvgIpc) is 2.29. The SMILES string of the molecule is COCC(O)CN(C)C(C)c1ccccn1. The molecule has 1 heterocycles. The number of hydrogen-bond acceptors (Lipinski definition) is 4. The van der Waals surface area contributed by atoms with Crippen molar-refractivity contribution in [3.63, 3.8) is 0 Å². The molecule has 0 amide bonds. The standard InChI is InChI=1S/C12H20N2O2/c1-10(12-6-4-5-7-13-12)14(2)8-11(15)9-16-3/h4-7,10-11,15H,8-9H2,1-3H3. The topological polar surface area (TPSA) is 45.6 Å². The van der Waals surface area contributed by atoms with E-state index in [0.29, 0.717) is 13.2 Å². The van der Waals surface area contributed by atoms with Crippen LogP contribution < -0.4 is 0 Å². The second kappa shape index (κ2) is 6.58. The molecule has 1 rings (SSSR count). The number of nitrogens with zero attached hydrogens (tertiary/aromatic N) is 2. The maximum Gasteiger partial charge on any atom is 0.0900 e. The molecule has 90 valence electrons. The fourth-order valence-corrected chi connectivity index (χ4v) is 1.58. The molecule has 0 spiro atoms. The molecule has 0 aliphatic carbocycles. The third-order valence-corrected chi connectivity index (χ3v) is 2.63. The van der Waals surface area contributed by atoms with E-state index in [1.54, 1.807) is 13.3 Å². The zero-order chi connectivity index (χ0) is 12.0. The van der Waals surface area contributed by atoms with Crippen molar-refractivity contribution < 1.29 is 9.84 Å². The summed E-state index contributed by atoms with van der Waals surface area (Å²) in [5.74, 6) is 0. The quantitative estimate of drug-likeness (QED) is 0.785. The molecule has 16 heavy (non-hydrogen) atoms. The van der Waals surface area contributed by atoms with Gasteiger partial charge in [-0.3, -0.25) is 9.88 Å². The Balaban J connectivity index is 2.51. The first kappa shape index (κ1) is 13.1. The van der Waals surface area contributed by atoms with Crippen molar-refractivity contribution in [2.45, 2.75) is 19.1 Å². The molecular weight excluding hydrogens is 204 g/mol. The highest BCUT2D eigenvalue weighted by atomic mass is 16.5. The minimum atomic E-state index is -0.457. The first-order valence-electron chi connectivity index (χ1n) is 5.43. The van der Waals surface area contributed by atoms with E-state index >= 15 is 0 Å². The first-order valence-corrected chi connectivity index (χ1v) is 5.43. The normalized spacial score (nSPS) is 15.1. The first-order chi connectivity index (χ1) is 7.65. The average molecular weight is 224 g/mol. The Kier molecular flexibility index (Phi) is 5.38. The van der Waals surface area contributed by atoms with Gasteiger partial charge in [-0.15, -0.1) is 0 Å². The van der Waals surface area contributed by atoms with Crippen LogP contribution in [0.25, 0.3) is 0 Å². The summed E-state index contributed by atoms with van der Waals surface area (Å²) in [6, 6.07) is 6.05. The maximum absolute atomic E-state index is 9.63. The van der Waals surface area contributed by atoms with E-state index in [9.17, 15) is 5.11 Å². The van der Waals surface area contributed by atoms with E-state index in [4.69, 9.17) is 4.74 Å². The lowest BCUT2D eigenvalue weighted by molar-refractivity contribution is 0.0354. The molecule has 1 N–H and O–H groups in total. The Morgan fingerprint density at radius 2 is 2.25 bits per heavy atom. The molecule has 0 aromatic carbocycles. The second-order valence-electron chi connectivity index (χ2n) is 3.98. The molecule has 0 bridgehead atoms. The molecule has 2 unspecified atom stereocenters. The van der Waals surface area contributed by atoms with Crippen LogP contribution in [0.1, 0.15) is 18.7 Å². The molecule has 1 aromatic heterocycles. The lowest BCUT2D eigenvalue weighted by Crippen LogP contribution is -2.34. The monoisotopic (exact) mass is 224 g/mol. The van der Waals surface area contributed by atoms with Gasteiger partial charge in [0.1, 0.15) is 0 Å². The van der Waals surface area contributed by atoms with Crippen molar-refractivity contribution >= 4 is 0 Å². The van der Waals surface area contributed by atoms with E-state index in [1.807, 2.05) is 25.2 Å². The molecular formula is C12H20N2O2. The number of hydrogen-bond donors (Lipinski definition) is 1. The molecule has 0 aliphatic heterocycles. The molecule has 0 saturated carbocycles. The van der Waals surface area contributed by atoms with Crippen LogP contribution in [0.15, 0.2) is 24.4 Å². The van der Waals surface area contributed by atoms with Crippen LogP contribution in [-0.4, -0.2) is 48.4 Å². The van der Waals surface area contributed by atoms with E-state index in [-0.39, 0.29) is 6.04 Å². The summed E-state index contributed by atoms with van der Waals surface area (Å²) in [7, 11) is 3.56. The van der Waals surface area contributed by atoms with Crippen LogP contribution in [0.5, 0.6) is 0 Å². The van der Waals surface area contributed by atoms with Crippen LogP contribution in [-0.2, 0) is 4.74 Å². The Morgan fingerprint density at radius 1 is 1.50 bits per heavy atom. The molecule has 0 saturated heterocycles. The van der Waals surface area contributed by atoms with Crippen LogP contribution in [0.4, 0.5) is 0 Å². The fourth-order valence-electron chi connectivity index (χ4n) is 1.58. The lowest BCUT2D eigenvalue weighted by atomic mass is 10.2. The molecule has 4 nitrogen and oxygen atoms in total. The highest BCUT2D eigenvalue weighted by Gasteiger charge is 2.15. The molecule has 2 atom stereocenters. The fraction of sp³-hybridized carbons (Fsp3) is 0.583. The van der Waals surface area contributed by atoms with E-state index in [2.05, 4.69) is 16.8 Å². The summed E-state index contributed by atoms with van der Waals surface area (Å²) in [6.45, 7) is 3.01. The number of pyridine rings is 1. The number of aromatic nitrogens is 1. The predicted octanol–water partition coefficient (Wildman–Crippen LogP) is 1.08. The van der Waals surface area contributed by atoms with Crippen LogP contribution >= 0.6 is 0 Å². The molecule has 0 radical (unpaired) electrons. The second-order valence-corrected chi connectivity index (χ2v) is 3.98. The van der Waals surface area contributed by atoms with Gasteiger partial charge >= 0.3 is 0 Å². The predicted molar refractivity (Wildman–Crippen MR) is 63.2 cm³/mol. The number of aliphatic hydroxyl groups is 1. The van der Waals surface area contributed by atoms with Gasteiger partial charge in [0.25, 0.3) is 0 Å². The zero-order valence-electron chi connectivity index (χ0n) is 10.1. The number of rotatable bonds is 6. The van der Waals surface area contributed by atoms with Gasteiger partial charge in [0.15, 0.2) is 0 Å². The van der Waals surface area contributed by atoms with Crippen molar-refractivity contribution in [3.05, 3.63) is 30.1 Å². The summed E-state index contributed by atoms with van der Waals surface area (Å²) in [5.41, 5.74) is 1.01. The minimum Gasteiger partial charge on any atom is -0.389 e. The lowest BCUT2D eigenvalue weighted by Gasteiger charge is -2.26. The van der Waals surface area contributed by atoms with Crippen LogP contribution in [0.2, 0.25) is 0 Å². The van der Waals surface area contributed by atoms with Crippen LogP contribution in [0.3, 0.4) is 0 Å². The van der Waals surface area contributed by atoms with Gasteiger partial charge in [-0.05, 0) is 26.1 Å². The highest BCUT2D eigenvalue weighted by Crippen LogP contribution is 2.15. The van der Waals surface area contributed by atoms with E-state index < -0.39 is 6.10 Å². The van der Waals surface area contributed by atoms with Crippen LogP contribution in [0, 0.1) is 0 Å². The van der Waals surface area contributed by atoms with Gasteiger partial charge in [0.05, 0.1) is 18.4 Å². The minimum absolute atomic E-state index is 0.188. The van der Waals surface area contributed by atoms with Crippen molar-refractivity contribution in [1.29, 1.82) is 0 Å². The van der Waals surface area contributed by atoms with Gasteiger partial charge in [-0.25, -0.2) is 0 Å². The van der Waals surface area contributed by atoms with Crippen molar-refractivity contribution in [1.82, 2.24) is 9.88 Å². The summed E-state index contributed by atoms with van der Waals surface area (Å²) >= 11 is 0. The van der Waals surface area contributed by atoms with Gasteiger partial charge in [-0.2, -0.15) is 0 Å². The molecule has 4 heteroatoms. The zero-order valence-corrected chi connectivity index (χ0v) is 10.1. The van der Waals surface area contributed by atoms with Gasteiger partial charge in [-0.1, -0.05) is 6.07 Å². The summed E-state index contributed by atoms with van der Waals surface area (Å²) in [6.07, 6.45) is 1.33. The largest absolute Gasteiger partial charge is 0.389 e. The van der Waals surface area contributed by atoms with Crippen molar-refractivity contribution in [2.24, 2.45) is 0 Å². The molecule has 0 aliphatic rings. The van der Waals surface area contributed by atoms with Gasteiger partial charge < -0.3 is 9.84 Å². The Bertz CT molecular complexity index is 292. The highest BCUT2D eigenvalue weighted by molar-refractivity contribution is 5.07. The van der Waals surface area contributed by atoms with E-state index in [1.165, 1.54) is 0 Å². The molecule has 1 aromatic rings. The van der Waals surface area contributed by atoms with Crippen molar-refractivity contribution in [2.75, 3.05) is 27.3 Å². The number of likely N-dealkylation sites (N-methyl/N-ethyl adjacent to an activating group) is 1. The van der Waals surface area contributed by atoms with E-state index in [0.717, 1.165) is 5.69 Å². The number of aliphatic hydroxyl groups excluding tert-OH is 1. The Morgan fingerprint density at radius 3 is 2.81 bits per heavy atom. The summed E-state index contributed by atoms with van der Waals surface area (Å²) in [5, 5.41) is 9.63. The number of methoxy groups -OCH3 is 1. The maximum atomic E-state index is 9.63. The molecule has 0 fully saturated rings. The third-order valence-electron chi connectivity index (χ3n) is 2.63. The summed E-state index contributed by atoms with van der Waals surface area (Å²) < 4.78 is 4.90.